The topological polar surface area (TPSA) is 118 Å². The van der Waals surface area contributed by atoms with Crippen LogP contribution in [0.3, 0.4) is 0 Å². The van der Waals surface area contributed by atoms with E-state index in [-0.39, 0.29) is 11.6 Å². The number of carboxylic acid groups (broad SMARTS) is 1. The number of anilines is 1. The Balaban J connectivity index is 2.21. The van der Waals surface area contributed by atoms with Crippen LogP contribution in [0.5, 0.6) is 0 Å². The number of nitrogens with zero attached hydrogens (tertiary/aromatic N) is 3. The lowest BCUT2D eigenvalue weighted by Gasteiger charge is -2.14. The molecule has 1 heterocycles. The predicted molar refractivity (Wildman–Crippen MR) is 69.1 cm³/mol. The Hall–Kier alpha value is -3.03. The molecule has 0 spiro atoms. The van der Waals surface area contributed by atoms with Gasteiger partial charge in [0.2, 0.25) is 5.95 Å². The Morgan fingerprint density at radius 2 is 1.85 bits per heavy atom. The summed E-state index contributed by atoms with van der Waals surface area (Å²) >= 11 is 0. The fourth-order valence-corrected chi connectivity index (χ4v) is 1.55. The van der Waals surface area contributed by atoms with Crippen LogP contribution in [0.2, 0.25) is 0 Å². The van der Waals surface area contributed by atoms with Gasteiger partial charge in [-0.1, -0.05) is 30.3 Å². The van der Waals surface area contributed by atoms with Gasteiger partial charge in [0.25, 0.3) is 0 Å². The van der Waals surface area contributed by atoms with Crippen LogP contribution >= 0.6 is 0 Å². The smallest absolute Gasteiger partial charge is 0.330 e. The molecule has 0 amide bonds. The molecule has 0 bridgehead atoms. The Labute approximate surface area is 113 Å². The summed E-state index contributed by atoms with van der Waals surface area (Å²) in [5, 5.41) is 22.3. The molecular weight excluding hydrogens is 264 g/mol. The van der Waals surface area contributed by atoms with Crippen LogP contribution in [0.15, 0.2) is 42.7 Å². The summed E-state index contributed by atoms with van der Waals surface area (Å²) in [7, 11) is 0. The van der Waals surface area contributed by atoms with Gasteiger partial charge in [-0.2, -0.15) is 0 Å². The molecule has 1 unspecified atom stereocenters. The van der Waals surface area contributed by atoms with Crippen LogP contribution in [-0.4, -0.2) is 26.0 Å². The fraction of sp³-hybridized carbons (Fsp3) is 0.0833. The average Bonchev–Trinajstić information content (AvgIpc) is 2.46. The second kappa shape index (κ2) is 5.74. The standard InChI is InChI=1S/C12H10N4O4/c17-11(18)10(8-4-2-1-3-5-8)15-12-13-6-9(7-14-12)16(19)20/h1-7,10H,(H,17,18)(H,13,14,15). The van der Waals surface area contributed by atoms with Crippen LogP contribution in [0.4, 0.5) is 11.6 Å². The van der Waals surface area contributed by atoms with Crippen molar-refractivity contribution < 1.29 is 14.8 Å². The molecule has 0 aliphatic rings. The Bertz CT molecular complexity index is 615. The third-order valence-corrected chi connectivity index (χ3v) is 2.50. The van der Waals surface area contributed by atoms with Gasteiger partial charge in [0.1, 0.15) is 12.4 Å². The maximum Gasteiger partial charge on any atom is 0.330 e. The minimum atomic E-state index is -1.10. The number of hydrogen-bond donors (Lipinski definition) is 2. The van der Waals surface area contributed by atoms with Crippen molar-refractivity contribution in [3.63, 3.8) is 0 Å². The second-order valence-electron chi connectivity index (χ2n) is 3.85. The third-order valence-electron chi connectivity index (χ3n) is 2.50. The summed E-state index contributed by atoms with van der Waals surface area (Å²) in [5.74, 6) is -1.09. The van der Waals surface area contributed by atoms with E-state index in [9.17, 15) is 20.0 Å². The van der Waals surface area contributed by atoms with E-state index in [0.29, 0.717) is 5.56 Å². The summed E-state index contributed by atoms with van der Waals surface area (Å²) in [6.45, 7) is 0. The number of carbonyl (C=O) groups is 1. The van der Waals surface area contributed by atoms with E-state index in [1.54, 1.807) is 30.3 Å². The minimum Gasteiger partial charge on any atom is -0.479 e. The molecular formula is C12H10N4O4. The minimum absolute atomic E-state index is 0.00635. The van der Waals surface area contributed by atoms with Crippen LogP contribution < -0.4 is 5.32 Å². The van der Waals surface area contributed by atoms with Gasteiger partial charge in [0, 0.05) is 0 Å². The van der Waals surface area contributed by atoms with E-state index in [1.807, 2.05) is 0 Å². The first-order chi connectivity index (χ1) is 9.58. The molecule has 0 saturated heterocycles. The van der Waals surface area contributed by atoms with Crippen molar-refractivity contribution in [3.05, 3.63) is 58.4 Å². The lowest BCUT2D eigenvalue weighted by Crippen LogP contribution is -2.21. The summed E-state index contributed by atoms with van der Waals surface area (Å²) in [6.07, 6.45) is 2.03. The van der Waals surface area contributed by atoms with E-state index >= 15 is 0 Å². The first-order valence-corrected chi connectivity index (χ1v) is 5.58. The molecule has 2 rings (SSSR count). The van der Waals surface area contributed by atoms with Crippen LogP contribution in [0, 0.1) is 10.1 Å². The van der Waals surface area contributed by atoms with E-state index in [2.05, 4.69) is 15.3 Å². The van der Waals surface area contributed by atoms with E-state index in [4.69, 9.17) is 0 Å². The Morgan fingerprint density at radius 1 is 1.25 bits per heavy atom. The largest absolute Gasteiger partial charge is 0.479 e. The molecule has 2 aromatic rings. The molecule has 0 saturated carbocycles. The fourth-order valence-electron chi connectivity index (χ4n) is 1.55. The summed E-state index contributed by atoms with van der Waals surface area (Å²) in [6, 6.07) is 7.46. The number of nitrogens with one attached hydrogen (secondary N) is 1. The highest BCUT2D eigenvalue weighted by atomic mass is 16.6. The molecule has 2 N–H and O–H groups in total. The second-order valence-corrected chi connectivity index (χ2v) is 3.85. The molecule has 102 valence electrons. The molecule has 1 aromatic carbocycles. The first kappa shape index (κ1) is 13.4. The lowest BCUT2D eigenvalue weighted by molar-refractivity contribution is -0.385. The summed E-state index contributed by atoms with van der Waals surface area (Å²) in [5.41, 5.74) is 0.268. The van der Waals surface area contributed by atoms with Gasteiger partial charge in [-0.05, 0) is 5.56 Å². The van der Waals surface area contributed by atoms with Crippen LogP contribution in [-0.2, 0) is 4.79 Å². The Kier molecular flexibility index (Phi) is 3.85. The number of aliphatic carboxylic acids is 1. The maximum absolute atomic E-state index is 11.3. The molecule has 0 radical (unpaired) electrons. The molecule has 0 aliphatic carbocycles. The number of carboxylic acids is 1. The van der Waals surface area contributed by atoms with E-state index in [1.165, 1.54) is 0 Å². The SMILES string of the molecule is O=C(O)C(Nc1ncc([N+](=O)[O-])cn1)c1ccccc1. The monoisotopic (exact) mass is 274 g/mol. The van der Waals surface area contributed by atoms with Gasteiger partial charge >= 0.3 is 11.7 Å². The maximum atomic E-state index is 11.3. The number of benzene rings is 1. The molecule has 1 aromatic heterocycles. The highest BCUT2D eigenvalue weighted by Gasteiger charge is 2.20. The third kappa shape index (κ3) is 3.05. The van der Waals surface area contributed by atoms with E-state index < -0.39 is 16.9 Å². The number of hydrogen-bond acceptors (Lipinski definition) is 6. The first-order valence-electron chi connectivity index (χ1n) is 5.58. The molecule has 20 heavy (non-hydrogen) atoms. The van der Waals surface area contributed by atoms with Crippen LogP contribution in [0.25, 0.3) is 0 Å². The van der Waals surface area contributed by atoms with Crippen molar-refractivity contribution in [1.82, 2.24) is 9.97 Å². The highest BCUT2D eigenvalue weighted by Crippen LogP contribution is 2.18. The summed E-state index contributed by atoms with van der Waals surface area (Å²) < 4.78 is 0. The van der Waals surface area contributed by atoms with Crippen molar-refractivity contribution in [2.75, 3.05) is 5.32 Å². The van der Waals surface area contributed by atoms with Crippen LogP contribution in [0.1, 0.15) is 11.6 Å². The lowest BCUT2D eigenvalue weighted by atomic mass is 10.1. The molecule has 8 nitrogen and oxygen atoms in total. The number of nitro groups is 1. The van der Waals surface area contributed by atoms with Gasteiger partial charge in [-0.3, -0.25) is 10.1 Å². The van der Waals surface area contributed by atoms with Gasteiger partial charge < -0.3 is 10.4 Å². The molecule has 0 aliphatic heterocycles. The van der Waals surface area contributed by atoms with Gasteiger partial charge in [0.05, 0.1) is 4.92 Å². The Morgan fingerprint density at radius 3 is 2.35 bits per heavy atom. The normalized spacial score (nSPS) is 11.6. The zero-order valence-corrected chi connectivity index (χ0v) is 10.1. The van der Waals surface area contributed by atoms with Gasteiger partial charge in [0.15, 0.2) is 6.04 Å². The zero-order valence-electron chi connectivity index (χ0n) is 10.1. The molecule has 0 fully saturated rings. The molecule has 8 heteroatoms. The zero-order chi connectivity index (χ0) is 14.5. The quantitative estimate of drug-likeness (QED) is 0.628. The van der Waals surface area contributed by atoms with Crippen molar-refractivity contribution in [3.8, 4) is 0 Å². The van der Waals surface area contributed by atoms with Crippen molar-refractivity contribution in [2.24, 2.45) is 0 Å². The van der Waals surface area contributed by atoms with E-state index in [0.717, 1.165) is 12.4 Å². The predicted octanol–water partition coefficient (Wildman–Crippen LogP) is 1.62. The van der Waals surface area contributed by atoms with Gasteiger partial charge in [-0.25, -0.2) is 14.8 Å². The van der Waals surface area contributed by atoms with Crippen molar-refractivity contribution >= 4 is 17.6 Å². The highest BCUT2D eigenvalue weighted by molar-refractivity contribution is 5.78. The molecule has 1 atom stereocenters. The van der Waals surface area contributed by atoms with Gasteiger partial charge in [-0.15, -0.1) is 0 Å². The average molecular weight is 274 g/mol. The van der Waals surface area contributed by atoms with Crippen molar-refractivity contribution in [2.45, 2.75) is 6.04 Å². The number of rotatable bonds is 5. The van der Waals surface area contributed by atoms with Crippen molar-refractivity contribution in [1.29, 1.82) is 0 Å². The summed E-state index contributed by atoms with van der Waals surface area (Å²) in [4.78, 5) is 28.5. The number of aromatic nitrogens is 2.